The number of hydrogen-bond acceptors (Lipinski definition) is 5. The Morgan fingerprint density at radius 1 is 1.07 bits per heavy atom. The quantitative estimate of drug-likeness (QED) is 0.893. The van der Waals surface area contributed by atoms with Gasteiger partial charge in [-0.1, -0.05) is 0 Å². The molecule has 5 rings (SSSR count). The van der Waals surface area contributed by atoms with Gasteiger partial charge in [0, 0.05) is 36.7 Å². The lowest BCUT2D eigenvalue weighted by Crippen LogP contribution is -2.45. The molecule has 0 spiro atoms. The lowest BCUT2D eigenvalue weighted by molar-refractivity contribution is -0.121. The summed E-state index contributed by atoms with van der Waals surface area (Å²) in [5, 5.41) is 3.10. The highest BCUT2D eigenvalue weighted by Gasteiger charge is 2.31. The third-order valence-electron chi connectivity index (χ3n) is 6.23. The van der Waals surface area contributed by atoms with Crippen LogP contribution in [0, 0.1) is 5.92 Å². The molecule has 1 aromatic heterocycles. The number of nitrogens with one attached hydrogen (secondary N) is 1. The highest BCUT2D eigenvalue weighted by molar-refractivity contribution is 5.94. The van der Waals surface area contributed by atoms with Crippen LogP contribution >= 0.6 is 0 Å². The molecule has 2 heterocycles. The third kappa shape index (κ3) is 3.73. The number of anilines is 1. The van der Waals surface area contributed by atoms with Crippen molar-refractivity contribution in [3.8, 4) is 0 Å². The summed E-state index contributed by atoms with van der Waals surface area (Å²) in [6.07, 6.45) is 6.47. The van der Waals surface area contributed by atoms with Crippen LogP contribution in [0.2, 0.25) is 0 Å². The molecule has 1 N–H and O–H groups in total. The standard InChI is InChI=1S/C21H27N3O3/c25-20(14-3-6-17(7-4-14)24-9-11-26-12-10-24)22-16-5-8-19-18(13-16)23-21(27-19)15-1-2-15/h5,8,13-15,17H,1-4,6-7,9-12H2,(H,22,25). The fourth-order valence-electron chi connectivity index (χ4n) is 4.42. The van der Waals surface area contributed by atoms with Gasteiger partial charge in [0.15, 0.2) is 11.5 Å². The number of benzene rings is 1. The van der Waals surface area contributed by atoms with E-state index in [4.69, 9.17) is 9.15 Å². The topological polar surface area (TPSA) is 67.6 Å². The number of aromatic nitrogens is 1. The minimum atomic E-state index is 0.109. The number of ether oxygens (including phenoxy) is 1. The van der Waals surface area contributed by atoms with E-state index in [0.29, 0.717) is 12.0 Å². The zero-order valence-electron chi connectivity index (χ0n) is 15.7. The molecule has 1 aromatic carbocycles. The second kappa shape index (κ2) is 7.24. The summed E-state index contributed by atoms with van der Waals surface area (Å²) in [5.74, 6) is 1.59. The Kier molecular flexibility index (Phi) is 4.61. The number of carbonyl (C=O) groups excluding carboxylic acids is 1. The molecular formula is C21H27N3O3. The summed E-state index contributed by atoms with van der Waals surface area (Å²) in [4.78, 5) is 19.8. The molecule has 2 aromatic rings. The summed E-state index contributed by atoms with van der Waals surface area (Å²) < 4.78 is 11.2. The molecule has 3 fully saturated rings. The van der Waals surface area contributed by atoms with Gasteiger partial charge in [0.1, 0.15) is 5.52 Å². The largest absolute Gasteiger partial charge is 0.440 e. The Balaban J connectivity index is 1.18. The first-order chi connectivity index (χ1) is 13.3. The Labute approximate surface area is 159 Å². The monoisotopic (exact) mass is 369 g/mol. The van der Waals surface area contributed by atoms with Crippen molar-refractivity contribution in [2.45, 2.75) is 50.5 Å². The first kappa shape index (κ1) is 17.2. The highest BCUT2D eigenvalue weighted by Crippen LogP contribution is 2.40. The lowest BCUT2D eigenvalue weighted by Gasteiger charge is -2.38. The number of rotatable bonds is 4. The van der Waals surface area contributed by atoms with Crippen LogP contribution in [0.4, 0.5) is 5.69 Å². The minimum absolute atomic E-state index is 0.109. The first-order valence-electron chi connectivity index (χ1n) is 10.3. The van der Waals surface area contributed by atoms with E-state index in [1.54, 1.807) is 0 Å². The molecule has 6 heteroatoms. The summed E-state index contributed by atoms with van der Waals surface area (Å²) >= 11 is 0. The second-order valence-corrected chi connectivity index (χ2v) is 8.15. The average Bonchev–Trinajstić information content (AvgIpc) is 3.48. The zero-order chi connectivity index (χ0) is 18.2. The lowest BCUT2D eigenvalue weighted by atomic mass is 9.84. The van der Waals surface area contributed by atoms with Gasteiger partial charge < -0.3 is 14.5 Å². The molecule has 0 radical (unpaired) electrons. The van der Waals surface area contributed by atoms with Crippen molar-refractivity contribution in [3.63, 3.8) is 0 Å². The van der Waals surface area contributed by atoms with Crippen LogP contribution in [-0.2, 0) is 9.53 Å². The van der Waals surface area contributed by atoms with Crippen molar-refractivity contribution >= 4 is 22.7 Å². The normalized spacial score (nSPS) is 27.0. The van der Waals surface area contributed by atoms with Crippen LogP contribution in [0.15, 0.2) is 22.6 Å². The Morgan fingerprint density at radius 2 is 1.85 bits per heavy atom. The molecule has 27 heavy (non-hydrogen) atoms. The molecule has 1 aliphatic heterocycles. The van der Waals surface area contributed by atoms with Gasteiger partial charge in [-0.2, -0.15) is 0 Å². The van der Waals surface area contributed by atoms with E-state index in [9.17, 15) is 4.79 Å². The molecule has 0 bridgehead atoms. The SMILES string of the molecule is O=C(Nc1ccc2oc(C3CC3)nc2c1)C1CCC(N2CCOCC2)CC1. The number of carbonyl (C=O) groups is 1. The van der Waals surface area contributed by atoms with E-state index in [-0.39, 0.29) is 11.8 Å². The summed E-state index contributed by atoms with van der Waals surface area (Å²) in [6, 6.07) is 6.38. The van der Waals surface area contributed by atoms with E-state index in [1.807, 2.05) is 18.2 Å². The highest BCUT2D eigenvalue weighted by atomic mass is 16.5. The maximum absolute atomic E-state index is 12.7. The van der Waals surface area contributed by atoms with Crippen LogP contribution in [-0.4, -0.2) is 48.1 Å². The van der Waals surface area contributed by atoms with Gasteiger partial charge in [-0.25, -0.2) is 4.98 Å². The fraction of sp³-hybridized carbons (Fsp3) is 0.619. The van der Waals surface area contributed by atoms with Crippen LogP contribution in [0.3, 0.4) is 0 Å². The Hall–Kier alpha value is -1.92. The number of oxazole rings is 1. The number of amides is 1. The third-order valence-corrected chi connectivity index (χ3v) is 6.23. The summed E-state index contributed by atoms with van der Waals surface area (Å²) in [6.45, 7) is 3.74. The van der Waals surface area contributed by atoms with Gasteiger partial charge in [-0.05, 0) is 56.7 Å². The average molecular weight is 369 g/mol. The van der Waals surface area contributed by atoms with Crippen molar-refractivity contribution in [3.05, 3.63) is 24.1 Å². The van der Waals surface area contributed by atoms with Crippen molar-refractivity contribution in [1.82, 2.24) is 9.88 Å². The van der Waals surface area contributed by atoms with Gasteiger partial charge in [0.2, 0.25) is 5.91 Å². The van der Waals surface area contributed by atoms with Crippen LogP contribution in [0.5, 0.6) is 0 Å². The number of fused-ring (bicyclic) bond motifs is 1. The predicted molar refractivity (Wildman–Crippen MR) is 103 cm³/mol. The Morgan fingerprint density at radius 3 is 2.59 bits per heavy atom. The molecule has 0 atom stereocenters. The van der Waals surface area contributed by atoms with Crippen molar-refractivity contribution in [2.24, 2.45) is 5.92 Å². The molecule has 2 aliphatic carbocycles. The number of nitrogens with zero attached hydrogens (tertiary/aromatic N) is 2. The maximum Gasteiger partial charge on any atom is 0.227 e. The van der Waals surface area contributed by atoms with Gasteiger partial charge in [-0.3, -0.25) is 9.69 Å². The van der Waals surface area contributed by atoms with Crippen molar-refractivity contribution in [2.75, 3.05) is 31.6 Å². The van der Waals surface area contributed by atoms with Gasteiger partial charge in [0.05, 0.1) is 13.2 Å². The van der Waals surface area contributed by atoms with E-state index >= 15 is 0 Å². The zero-order valence-corrected chi connectivity index (χ0v) is 15.7. The van der Waals surface area contributed by atoms with E-state index < -0.39 is 0 Å². The van der Waals surface area contributed by atoms with E-state index in [1.165, 1.54) is 12.8 Å². The molecular weight excluding hydrogens is 342 g/mol. The van der Waals surface area contributed by atoms with Crippen LogP contribution in [0.25, 0.3) is 11.1 Å². The summed E-state index contributed by atoms with van der Waals surface area (Å²) in [5.41, 5.74) is 2.46. The van der Waals surface area contributed by atoms with Crippen LogP contribution < -0.4 is 5.32 Å². The van der Waals surface area contributed by atoms with Crippen molar-refractivity contribution in [1.29, 1.82) is 0 Å². The molecule has 2 saturated carbocycles. The maximum atomic E-state index is 12.7. The van der Waals surface area contributed by atoms with Crippen LogP contribution in [0.1, 0.15) is 50.3 Å². The molecule has 0 unspecified atom stereocenters. The summed E-state index contributed by atoms with van der Waals surface area (Å²) in [7, 11) is 0. The van der Waals surface area contributed by atoms with Gasteiger partial charge in [-0.15, -0.1) is 0 Å². The van der Waals surface area contributed by atoms with Gasteiger partial charge in [0.25, 0.3) is 0 Å². The fourth-order valence-corrected chi connectivity index (χ4v) is 4.42. The molecule has 1 amide bonds. The minimum Gasteiger partial charge on any atom is -0.440 e. The smallest absolute Gasteiger partial charge is 0.227 e. The molecule has 3 aliphatic rings. The second-order valence-electron chi connectivity index (χ2n) is 8.15. The van der Waals surface area contributed by atoms with Gasteiger partial charge >= 0.3 is 0 Å². The Bertz CT molecular complexity index is 815. The van der Waals surface area contributed by atoms with E-state index in [2.05, 4.69) is 15.2 Å². The number of hydrogen-bond donors (Lipinski definition) is 1. The molecule has 6 nitrogen and oxygen atoms in total. The molecule has 1 saturated heterocycles. The number of morpholine rings is 1. The molecule has 144 valence electrons. The predicted octanol–water partition coefficient (Wildman–Crippen LogP) is 3.53. The van der Waals surface area contributed by atoms with Crippen molar-refractivity contribution < 1.29 is 13.9 Å². The van der Waals surface area contributed by atoms with E-state index in [0.717, 1.165) is 74.7 Å². The first-order valence-corrected chi connectivity index (χ1v) is 10.3.